The maximum Gasteiger partial charge on any atom is 0.341 e. The van der Waals surface area contributed by atoms with Gasteiger partial charge in [-0.1, -0.05) is 6.58 Å². The van der Waals surface area contributed by atoms with Crippen LogP contribution in [0.3, 0.4) is 0 Å². The number of anilines is 1. The number of aromatic carboxylic acids is 1. The van der Waals surface area contributed by atoms with E-state index in [-0.39, 0.29) is 23.8 Å². The number of hydrogen-bond donors (Lipinski definition) is 2. The second-order valence-corrected chi connectivity index (χ2v) is 8.12. The van der Waals surface area contributed by atoms with Crippen molar-refractivity contribution in [2.75, 3.05) is 31.1 Å². The van der Waals surface area contributed by atoms with Gasteiger partial charge in [-0.05, 0) is 37.8 Å². The average molecular weight is 399 g/mol. The van der Waals surface area contributed by atoms with Crippen molar-refractivity contribution in [3.05, 3.63) is 40.4 Å². The number of carbonyl (C=O) groups is 1. The molecule has 2 aliphatic heterocycles. The van der Waals surface area contributed by atoms with E-state index in [2.05, 4.69) is 11.9 Å². The van der Waals surface area contributed by atoms with Crippen LogP contribution in [-0.2, 0) is 0 Å². The summed E-state index contributed by atoms with van der Waals surface area (Å²) in [6, 6.07) is 1.42. The van der Waals surface area contributed by atoms with Gasteiger partial charge in [-0.2, -0.15) is 0 Å². The Morgan fingerprint density at radius 2 is 2.17 bits per heavy atom. The average Bonchev–Trinajstić information content (AvgIpc) is 3.41. The van der Waals surface area contributed by atoms with E-state index in [0.717, 1.165) is 24.9 Å². The Kier molecular flexibility index (Phi) is 4.13. The van der Waals surface area contributed by atoms with Crippen LogP contribution in [0.5, 0.6) is 5.75 Å². The lowest BCUT2D eigenvalue weighted by Crippen LogP contribution is -2.34. The summed E-state index contributed by atoms with van der Waals surface area (Å²) < 4.78 is 22.5. The Hall–Kier alpha value is -2.87. The van der Waals surface area contributed by atoms with Gasteiger partial charge in [0.05, 0.1) is 11.1 Å². The molecule has 152 valence electrons. The third kappa shape index (κ3) is 2.98. The minimum Gasteiger partial charge on any atom is -0.483 e. The van der Waals surface area contributed by atoms with Crippen LogP contribution in [0.1, 0.15) is 29.6 Å². The standard InChI is InChI=1S/C21H22FN3O4/c1-11-10-29-20-17-14(19(26)15(21(27)28)9-25(11)17)6-16(22)18(20)24-5-4-13(8-24)23-7-12-2-3-12/h6,9,12-13,23H,1-5,7-8,10H2,(H,27,28)/t13-/m0/s1. The summed E-state index contributed by atoms with van der Waals surface area (Å²) in [5, 5.41) is 12.9. The van der Waals surface area contributed by atoms with Crippen molar-refractivity contribution >= 4 is 28.3 Å². The Balaban J connectivity index is 1.60. The molecule has 0 bridgehead atoms. The molecule has 1 atom stereocenters. The van der Waals surface area contributed by atoms with E-state index in [4.69, 9.17) is 4.74 Å². The fourth-order valence-electron chi connectivity index (χ4n) is 4.26. The lowest BCUT2D eigenvalue weighted by atomic mass is 10.1. The molecule has 29 heavy (non-hydrogen) atoms. The highest BCUT2D eigenvalue weighted by atomic mass is 19.1. The molecular weight excluding hydrogens is 377 g/mol. The van der Waals surface area contributed by atoms with Crippen LogP contribution in [0, 0.1) is 11.7 Å². The van der Waals surface area contributed by atoms with E-state index in [1.54, 1.807) is 4.57 Å². The van der Waals surface area contributed by atoms with E-state index < -0.39 is 22.8 Å². The molecule has 0 radical (unpaired) electrons. The molecule has 2 N–H and O–H groups in total. The molecule has 2 fully saturated rings. The number of halogens is 1. The Morgan fingerprint density at radius 3 is 2.90 bits per heavy atom. The zero-order valence-corrected chi connectivity index (χ0v) is 15.9. The van der Waals surface area contributed by atoms with Crippen molar-refractivity contribution in [3.63, 3.8) is 0 Å². The van der Waals surface area contributed by atoms with Crippen LogP contribution in [0.15, 0.2) is 23.6 Å². The van der Waals surface area contributed by atoms with Gasteiger partial charge in [0.25, 0.3) is 0 Å². The first-order chi connectivity index (χ1) is 13.9. The van der Waals surface area contributed by atoms with Gasteiger partial charge in [0, 0.05) is 25.3 Å². The first-order valence-corrected chi connectivity index (χ1v) is 9.88. The molecular formula is C21H22FN3O4. The number of benzene rings is 1. The van der Waals surface area contributed by atoms with Crippen LogP contribution < -0.4 is 20.4 Å². The van der Waals surface area contributed by atoms with Crippen molar-refractivity contribution < 1.29 is 19.0 Å². The summed E-state index contributed by atoms with van der Waals surface area (Å²) in [7, 11) is 0. The van der Waals surface area contributed by atoms with Gasteiger partial charge in [0.2, 0.25) is 5.43 Å². The van der Waals surface area contributed by atoms with Crippen molar-refractivity contribution in [1.29, 1.82) is 0 Å². The van der Waals surface area contributed by atoms with E-state index >= 15 is 4.39 Å². The topological polar surface area (TPSA) is 83.8 Å². The van der Waals surface area contributed by atoms with Crippen molar-refractivity contribution in [2.24, 2.45) is 5.92 Å². The molecule has 1 aromatic carbocycles. The maximum atomic E-state index is 15.2. The largest absolute Gasteiger partial charge is 0.483 e. The molecule has 5 rings (SSSR count). The second kappa shape index (κ2) is 6.59. The van der Waals surface area contributed by atoms with Crippen molar-refractivity contribution in [1.82, 2.24) is 9.88 Å². The zero-order valence-electron chi connectivity index (χ0n) is 15.9. The smallest absolute Gasteiger partial charge is 0.341 e. The third-order valence-corrected chi connectivity index (χ3v) is 6.02. The summed E-state index contributed by atoms with van der Waals surface area (Å²) >= 11 is 0. The summed E-state index contributed by atoms with van der Waals surface area (Å²) in [6.45, 7) is 6.33. The molecule has 8 heteroatoms. The van der Waals surface area contributed by atoms with Gasteiger partial charge < -0.3 is 24.6 Å². The molecule has 0 unspecified atom stereocenters. The lowest BCUT2D eigenvalue weighted by Gasteiger charge is -2.29. The normalized spacial score (nSPS) is 20.9. The van der Waals surface area contributed by atoms with Gasteiger partial charge in [-0.15, -0.1) is 0 Å². The monoisotopic (exact) mass is 399 g/mol. The van der Waals surface area contributed by atoms with E-state index in [1.165, 1.54) is 19.0 Å². The number of hydrogen-bond acceptors (Lipinski definition) is 5. The van der Waals surface area contributed by atoms with Gasteiger partial charge in [-0.25, -0.2) is 9.18 Å². The molecule has 1 aromatic heterocycles. The first kappa shape index (κ1) is 18.2. The van der Waals surface area contributed by atoms with Gasteiger partial charge >= 0.3 is 5.97 Å². The van der Waals surface area contributed by atoms with E-state index in [1.807, 2.05) is 4.90 Å². The van der Waals surface area contributed by atoms with Gasteiger partial charge in [0.15, 0.2) is 11.6 Å². The van der Waals surface area contributed by atoms with E-state index in [0.29, 0.717) is 30.0 Å². The van der Waals surface area contributed by atoms with Crippen molar-refractivity contribution in [2.45, 2.75) is 25.3 Å². The first-order valence-electron chi connectivity index (χ1n) is 9.88. The molecule has 1 saturated carbocycles. The highest BCUT2D eigenvalue weighted by molar-refractivity contribution is 5.99. The lowest BCUT2D eigenvalue weighted by molar-refractivity contribution is 0.0695. The number of nitrogens with one attached hydrogen (secondary N) is 1. The highest BCUT2D eigenvalue weighted by Crippen LogP contribution is 2.42. The number of rotatable bonds is 5. The van der Waals surface area contributed by atoms with E-state index in [9.17, 15) is 14.7 Å². The van der Waals surface area contributed by atoms with Crippen LogP contribution in [0.2, 0.25) is 0 Å². The van der Waals surface area contributed by atoms with Crippen LogP contribution in [-0.4, -0.2) is 47.9 Å². The molecule has 1 saturated heterocycles. The predicted molar refractivity (Wildman–Crippen MR) is 107 cm³/mol. The molecule has 7 nitrogen and oxygen atoms in total. The number of pyridine rings is 1. The number of carboxylic acids is 1. The molecule has 3 heterocycles. The Bertz CT molecular complexity index is 1110. The Morgan fingerprint density at radius 1 is 1.38 bits per heavy atom. The molecule has 0 spiro atoms. The van der Waals surface area contributed by atoms with Gasteiger partial charge in [0.1, 0.15) is 23.4 Å². The fraction of sp³-hybridized carbons (Fsp3) is 0.429. The second-order valence-electron chi connectivity index (χ2n) is 8.12. The highest BCUT2D eigenvalue weighted by Gasteiger charge is 2.33. The van der Waals surface area contributed by atoms with Crippen LogP contribution >= 0.6 is 0 Å². The molecule has 1 aliphatic carbocycles. The minimum absolute atomic E-state index is 0.00962. The molecule has 0 amide bonds. The molecule has 2 aromatic rings. The summed E-state index contributed by atoms with van der Waals surface area (Å²) in [5.74, 6) is -0.872. The Labute approximate surface area is 166 Å². The fourth-order valence-corrected chi connectivity index (χ4v) is 4.26. The minimum atomic E-state index is -1.35. The third-order valence-electron chi connectivity index (χ3n) is 6.02. The SMILES string of the molecule is C=C1COc2c(N3CC[C@H](NCC4CC4)C3)c(F)cc3c(=O)c(C(=O)O)cn1c23. The van der Waals surface area contributed by atoms with Crippen molar-refractivity contribution in [3.8, 4) is 5.75 Å². The number of aromatic nitrogens is 1. The van der Waals surface area contributed by atoms with Crippen LogP contribution in [0.25, 0.3) is 16.6 Å². The summed E-state index contributed by atoms with van der Waals surface area (Å²) in [5.41, 5.74) is 0.0651. The molecule has 3 aliphatic rings. The number of nitrogens with zero attached hydrogens (tertiary/aromatic N) is 2. The quantitative estimate of drug-likeness (QED) is 0.803. The van der Waals surface area contributed by atoms with Crippen LogP contribution in [0.4, 0.5) is 10.1 Å². The number of ether oxygens (including phenoxy) is 1. The zero-order chi connectivity index (χ0) is 20.3. The van der Waals surface area contributed by atoms with Gasteiger partial charge in [-0.3, -0.25) is 4.79 Å². The maximum absolute atomic E-state index is 15.2. The number of carboxylic acid groups (broad SMARTS) is 1. The summed E-state index contributed by atoms with van der Waals surface area (Å²) in [6.07, 6.45) is 4.72. The summed E-state index contributed by atoms with van der Waals surface area (Å²) in [4.78, 5) is 26.1. The predicted octanol–water partition coefficient (Wildman–Crippen LogP) is 2.28.